The average Bonchev–Trinajstić information content (AvgIpc) is 2.57. The molecule has 0 atom stereocenters. The first-order valence-electron chi connectivity index (χ1n) is 5.60. The minimum Gasteiger partial charge on any atom is -0.399 e. The molecule has 0 radical (unpaired) electrons. The molecule has 0 unspecified atom stereocenters. The average molecular weight is 244 g/mol. The number of nitrogens with zero attached hydrogens (tertiary/aromatic N) is 1. The van der Waals surface area contributed by atoms with Crippen LogP contribution in [0.15, 0.2) is 18.2 Å². The largest absolute Gasteiger partial charge is 0.399 e. The van der Waals surface area contributed by atoms with Crippen LogP contribution in [-0.4, -0.2) is 17.6 Å². The van der Waals surface area contributed by atoms with Gasteiger partial charge in [0.05, 0.1) is 0 Å². The second-order valence-electron chi connectivity index (χ2n) is 4.46. The Kier molecular flexibility index (Phi) is 3.28. The van der Waals surface area contributed by atoms with E-state index in [1.165, 1.54) is 5.56 Å². The number of alkyl halides is 3. The molecule has 1 heterocycles. The van der Waals surface area contributed by atoms with E-state index in [2.05, 4.69) is 0 Å². The Morgan fingerprint density at radius 2 is 1.88 bits per heavy atom. The van der Waals surface area contributed by atoms with E-state index in [1.54, 1.807) is 0 Å². The van der Waals surface area contributed by atoms with Gasteiger partial charge in [0, 0.05) is 25.2 Å². The van der Waals surface area contributed by atoms with Gasteiger partial charge < -0.3 is 5.73 Å². The molecule has 0 fully saturated rings. The summed E-state index contributed by atoms with van der Waals surface area (Å²) in [6.45, 7) is 1.92. The third-order valence-corrected chi connectivity index (χ3v) is 2.95. The zero-order valence-corrected chi connectivity index (χ0v) is 9.43. The summed E-state index contributed by atoms with van der Waals surface area (Å²) >= 11 is 0. The molecule has 0 aliphatic carbocycles. The number of hydrogen-bond donors (Lipinski definition) is 1. The molecule has 2 nitrogen and oxygen atoms in total. The van der Waals surface area contributed by atoms with Crippen LogP contribution in [0.1, 0.15) is 24.0 Å². The maximum absolute atomic E-state index is 12.0. The highest BCUT2D eigenvalue weighted by molar-refractivity contribution is 5.46. The molecule has 1 aromatic rings. The monoisotopic (exact) mass is 244 g/mol. The van der Waals surface area contributed by atoms with Crippen LogP contribution >= 0.6 is 0 Å². The summed E-state index contributed by atoms with van der Waals surface area (Å²) in [4.78, 5) is 2.02. The zero-order valence-electron chi connectivity index (χ0n) is 9.43. The Labute approximate surface area is 98.2 Å². The quantitative estimate of drug-likeness (QED) is 0.828. The van der Waals surface area contributed by atoms with Gasteiger partial charge in [-0.3, -0.25) is 4.90 Å². The topological polar surface area (TPSA) is 29.3 Å². The van der Waals surface area contributed by atoms with Crippen molar-refractivity contribution in [2.24, 2.45) is 0 Å². The first-order valence-corrected chi connectivity index (χ1v) is 5.60. The van der Waals surface area contributed by atoms with Crippen LogP contribution in [0, 0.1) is 0 Å². The van der Waals surface area contributed by atoms with Gasteiger partial charge in [-0.05, 0) is 36.2 Å². The second kappa shape index (κ2) is 4.56. The van der Waals surface area contributed by atoms with Gasteiger partial charge in [-0.15, -0.1) is 0 Å². The summed E-state index contributed by atoms with van der Waals surface area (Å²) < 4.78 is 36.0. The first-order chi connectivity index (χ1) is 7.94. The van der Waals surface area contributed by atoms with Gasteiger partial charge in [0.2, 0.25) is 0 Å². The van der Waals surface area contributed by atoms with Crippen LogP contribution in [0.4, 0.5) is 18.9 Å². The lowest BCUT2D eigenvalue weighted by molar-refractivity contribution is -0.136. The van der Waals surface area contributed by atoms with E-state index in [0.717, 1.165) is 12.1 Å². The molecule has 0 saturated carbocycles. The Bertz CT molecular complexity index is 401. The SMILES string of the molecule is Nc1ccc2c(c1)CN(CCCC(F)(F)F)C2. The molecular formula is C12H15F3N2. The number of nitrogen functional groups attached to an aromatic ring is 1. The van der Waals surface area contributed by atoms with Crippen molar-refractivity contribution >= 4 is 5.69 Å². The van der Waals surface area contributed by atoms with Crippen LogP contribution in [-0.2, 0) is 13.1 Å². The highest BCUT2D eigenvalue weighted by Crippen LogP contribution is 2.26. The van der Waals surface area contributed by atoms with Gasteiger partial charge in [0.15, 0.2) is 0 Å². The van der Waals surface area contributed by atoms with Gasteiger partial charge in [-0.1, -0.05) is 6.07 Å². The van der Waals surface area contributed by atoms with Crippen LogP contribution in [0.3, 0.4) is 0 Å². The van der Waals surface area contributed by atoms with E-state index in [9.17, 15) is 13.2 Å². The lowest BCUT2D eigenvalue weighted by Gasteiger charge is -2.15. The van der Waals surface area contributed by atoms with Crippen molar-refractivity contribution in [3.8, 4) is 0 Å². The number of nitrogens with two attached hydrogens (primary N) is 1. The molecule has 0 aromatic heterocycles. The summed E-state index contributed by atoms with van der Waals surface area (Å²) in [7, 11) is 0. The molecule has 94 valence electrons. The van der Waals surface area contributed by atoms with Crippen LogP contribution < -0.4 is 5.73 Å². The highest BCUT2D eigenvalue weighted by Gasteiger charge is 2.27. The molecule has 17 heavy (non-hydrogen) atoms. The number of halogens is 3. The minimum atomic E-state index is -4.04. The molecule has 0 amide bonds. The fraction of sp³-hybridized carbons (Fsp3) is 0.500. The van der Waals surface area contributed by atoms with Crippen LogP contribution in [0.5, 0.6) is 0 Å². The highest BCUT2D eigenvalue weighted by atomic mass is 19.4. The fourth-order valence-electron chi connectivity index (χ4n) is 2.15. The summed E-state index contributed by atoms with van der Waals surface area (Å²) in [6.07, 6.45) is -4.59. The Morgan fingerprint density at radius 1 is 1.18 bits per heavy atom. The summed E-state index contributed by atoms with van der Waals surface area (Å²) in [5.74, 6) is 0. The van der Waals surface area contributed by atoms with Gasteiger partial charge in [-0.2, -0.15) is 13.2 Å². The van der Waals surface area contributed by atoms with E-state index in [-0.39, 0.29) is 6.42 Å². The van der Waals surface area contributed by atoms with Crippen LogP contribution in [0.2, 0.25) is 0 Å². The van der Waals surface area contributed by atoms with Crippen LogP contribution in [0.25, 0.3) is 0 Å². The van der Waals surface area contributed by atoms with Crippen molar-refractivity contribution in [1.29, 1.82) is 0 Å². The number of rotatable bonds is 3. The standard InChI is InChI=1S/C12H15F3N2/c13-12(14,15)4-1-5-17-7-9-2-3-11(16)6-10(9)8-17/h2-3,6H,1,4-5,7-8,16H2. The number of hydrogen-bond acceptors (Lipinski definition) is 2. The molecule has 5 heteroatoms. The van der Waals surface area contributed by atoms with Gasteiger partial charge in [0.1, 0.15) is 0 Å². The Hall–Kier alpha value is -1.23. The van der Waals surface area contributed by atoms with E-state index >= 15 is 0 Å². The van der Waals surface area contributed by atoms with Crippen molar-refractivity contribution < 1.29 is 13.2 Å². The molecule has 1 aliphatic heterocycles. The summed E-state index contributed by atoms with van der Waals surface area (Å²) in [6, 6.07) is 5.69. The number of benzene rings is 1. The predicted molar refractivity (Wildman–Crippen MR) is 60.3 cm³/mol. The molecule has 0 bridgehead atoms. The van der Waals surface area contributed by atoms with E-state index in [4.69, 9.17) is 5.73 Å². The molecule has 0 spiro atoms. The maximum Gasteiger partial charge on any atom is 0.389 e. The zero-order chi connectivity index (χ0) is 12.5. The minimum absolute atomic E-state index is 0.160. The lowest BCUT2D eigenvalue weighted by Crippen LogP contribution is -2.19. The molecule has 1 aliphatic rings. The van der Waals surface area contributed by atoms with Crippen molar-refractivity contribution in [1.82, 2.24) is 4.90 Å². The molecule has 1 aromatic carbocycles. The van der Waals surface area contributed by atoms with Gasteiger partial charge >= 0.3 is 6.18 Å². The Morgan fingerprint density at radius 3 is 2.59 bits per heavy atom. The van der Waals surface area contributed by atoms with Gasteiger partial charge in [-0.25, -0.2) is 0 Å². The van der Waals surface area contributed by atoms with Crippen molar-refractivity contribution in [2.45, 2.75) is 32.1 Å². The third-order valence-electron chi connectivity index (χ3n) is 2.95. The van der Waals surface area contributed by atoms with Crippen molar-refractivity contribution in [3.05, 3.63) is 29.3 Å². The number of anilines is 1. The lowest BCUT2D eigenvalue weighted by atomic mass is 10.1. The summed E-state index contributed by atoms with van der Waals surface area (Å²) in [5, 5.41) is 0. The smallest absolute Gasteiger partial charge is 0.389 e. The van der Waals surface area contributed by atoms with E-state index in [0.29, 0.717) is 18.8 Å². The first kappa shape index (κ1) is 12.2. The van der Waals surface area contributed by atoms with Crippen molar-refractivity contribution in [2.75, 3.05) is 12.3 Å². The molecule has 2 rings (SSSR count). The fourth-order valence-corrected chi connectivity index (χ4v) is 2.15. The third kappa shape index (κ3) is 3.36. The van der Waals surface area contributed by atoms with Crippen molar-refractivity contribution in [3.63, 3.8) is 0 Å². The molecular weight excluding hydrogens is 229 g/mol. The van der Waals surface area contributed by atoms with E-state index in [1.807, 2.05) is 23.1 Å². The Balaban J connectivity index is 1.84. The summed E-state index contributed by atoms with van der Waals surface area (Å²) in [5.41, 5.74) is 8.68. The van der Waals surface area contributed by atoms with E-state index < -0.39 is 12.6 Å². The second-order valence-corrected chi connectivity index (χ2v) is 4.46. The normalized spacial score (nSPS) is 16.2. The molecule has 0 saturated heterocycles. The molecule has 2 N–H and O–H groups in total. The predicted octanol–water partition coefficient (Wildman–Crippen LogP) is 2.93. The van der Waals surface area contributed by atoms with Gasteiger partial charge in [0.25, 0.3) is 0 Å². The number of fused-ring (bicyclic) bond motifs is 1. The maximum atomic E-state index is 12.0.